The second kappa shape index (κ2) is 9.88. The fraction of sp³-hybridized carbons (Fsp3) is 0.400. The van der Waals surface area contributed by atoms with Gasteiger partial charge in [0.15, 0.2) is 5.82 Å². The Morgan fingerprint density at radius 2 is 1.71 bits per heavy atom. The van der Waals surface area contributed by atoms with Gasteiger partial charge in [0.05, 0.1) is 10.9 Å². The van der Waals surface area contributed by atoms with Crippen molar-refractivity contribution < 1.29 is 10.1 Å². The van der Waals surface area contributed by atoms with E-state index in [2.05, 4.69) is 62.3 Å². The number of para-hydroxylation sites is 1. The van der Waals surface area contributed by atoms with Gasteiger partial charge in [-0.15, -0.1) is 0 Å². The summed E-state index contributed by atoms with van der Waals surface area (Å²) in [5, 5.41) is 2.69. The molecule has 2 atom stereocenters. The third-order valence-electron chi connectivity index (χ3n) is 6.03. The maximum Gasteiger partial charge on any atom is 0.262 e. The second-order valence-electron chi connectivity index (χ2n) is 8.59. The first kappa shape index (κ1) is 22.7. The van der Waals surface area contributed by atoms with Crippen LogP contribution >= 0.6 is 0 Å². The molecule has 3 aromatic rings. The Hall–Kier alpha value is -2.99. The summed E-state index contributed by atoms with van der Waals surface area (Å²) in [4.78, 5) is 29.3. The summed E-state index contributed by atoms with van der Waals surface area (Å²) >= 11 is 0. The molecule has 0 aliphatic heterocycles. The minimum absolute atomic E-state index is 0.171. The first-order chi connectivity index (χ1) is 14.8. The van der Waals surface area contributed by atoms with Gasteiger partial charge < -0.3 is 11.1 Å². The van der Waals surface area contributed by atoms with Crippen molar-refractivity contribution in [3.8, 4) is 0 Å². The maximum absolute atomic E-state index is 13.0. The fourth-order valence-corrected chi connectivity index (χ4v) is 4.00. The van der Waals surface area contributed by atoms with Crippen molar-refractivity contribution in [3.05, 3.63) is 75.8 Å². The number of hydrogen-bond acceptors (Lipinski definition) is 3. The summed E-state index contributed by atoms with van der Waals surface area (Å²) in [7, 11) is 0. The lowest BCUT2D eigenvalue weighted by molar-refractivity contribution is -0.718. The average Bonchev–Trinajstić information content (AvgIpc) is 2.75. The first-order valence-corrected chi connectivity index (χ1v) is 11.0. The molecule has 1 heterocycles. The molecule has 1 amide bonds. The molecule has 0 radical (unpaired) electrons. The molecule has 0 aliphatic rings. The van der Waals surface area contributed by atoms with Gasteiger partial charge in [0, 0.05) is 11.5 Å². The molecule has 0 saturated carbocycles. The van der Waals surface area contributed by atoms with E-state index < -0.39 is 5.91 Å². The van der Waals surface area contributed by atoms with Crippen molar-refractivity contribution in [2.45, 2.75) is 59.2 Å². The van der Waals surface area contributed by atoms with Crippen LogP contribution in [0.2, 0.25) is 0 Å². The number of hydrogen-bond donors (Lipinski definition) is 2. The molecule has 6 heteroatoms. The van der Waals surface area contributed by atoms with Gasteiger partial charge >= 0.3 is 0 Å². The third-order valence-corrected chi connectivity index (χ3v) is 6.03. The minimum atomic E-state index is -0.554. The molecule has 4 N–H and O–H groups in total. The lowest BCUT2D eigenvalue weighted by atomic mass is 9.92. The van der Waals surface area contributed by atoms with Crippen LogP contribution in [-0.4, -0.2) is 15.5 Å². The van der Waals surface area contributed by atoms with Crippen LogP contribution in [0.3, 0.4) is 0 Å². The number of rotatable bonds is 9. The summed E-state index contributed by atoms with van der Waals surface area (Å²) in [6, 6.07) is 16.2. The second-order valence-corrected chi connectivity index (χ2v) is 8.59. The molecule has 1 aromatic heterocycles. The Labute approximate surface area is 183 Å². The van der Waals surface area contributed by atoms with E-state index >= 15 is 0 Å². The van der Waals surface area contributed by atoms with Crippen molar-refractivity contribution in [1.29, 1.82) is 0 Å². The predicted molar refractivity (Wildman–Crippen MR) is 124 cm³/mol. The molecule has 0 unspecified atom stereocenters. The summed E-state index contributed by atoms with van der Waals surface area (Å²) < 4.78 is 1.41. The molecular formula is C25H33N4O2+. The number of aromatic nitrogens is 2. The number of nitrogens with two attached hydrogens (primary N) is 2. The summed E-state index contributed by atoms with van der Waals surface area (Å²) in [6.45, 7) is 9.12. The molecule has 6 nitrogen and oxygen atoms in total. The third kappa shape index (κ3) is 5.20. The highest BCUT2D eigenvalue weighted by molar-refractivity contribution is 5.78. The van der Waals surface area contributed by atoms with E-state index in [0.717, 1.165) is 6.42 Å². The van der Waals surface area contributed by atoms with Crippen LogP contribution < -0.4 is 16.6 Å². The van der Waals surface area contributed by atoms with E-state index in [4.69, 9.17) is 5.73 Å². The van der Waals surface area contributed by atoms with Crippen LogP contribution in [-0.2, 0) is 17.9 Å². The largest absolute Gasteiger partial charge is 0.368 e. The number of nitrogens with zero attached hydrogens (tertiary/aromatic N) is 2. The zero-order chi connectivity index (χ0) is 22.5. The molecule has 3 rings (SSSR count). The highest BCUT2D eigenvalue weighted by atomic mass is 16.2. The topological polar surface area (TPSA) is 94.6 Å². The van der Waals surface area contributed by atoms with Gasteiger partial charge in [-0.3, -0.25) is 14.2 Å². The van der Waals surface area contributed by atoms with Crippen molar-refractivity contribution >= 4 is 16.8 Å². The van der Waals surface area contributed by atoms with E-state index in [1.807, 2.05) is 12.1 Å². The summed E-state index contributed by atoms with van der Waals surface area (Å²) in [5.41, 5.74) is 8.41. The Balaban J connectivity index is 1.91. The van der Waals surface area contributed by atoms with Gasteiger partial charge in [0.1, 0.15) is 19.1 Å². The Morgan fingerprint density at radius 1 is 1.06 bits per heavy atom. The summed E-state index contributed by atoms with van der Waals surface area (Å²) in [6.07, 6.45) is 1.12. The molecular weight excluding hydrogens is 388 g/mol. The average molecular weight is 422 g/mol. The number of fused-ring (bicyclic) bond motifs is 1. The number of carbonyl (C=O) groups excluding carboxylic acids is 1. The number of amides is 1. The molecule has 31 heavy (non-hydrogen) atoms. The van der Waals surface area contributed by atoms with E-state index in [1.54, 1.807) is 12.1 Å². The van der Waals surface area contributed by atoms with Crippen molar-refractivity contribution in [2.24, 2.45) is 11.7 Å². The number of quaternary nitrogens is 1. The lowest BCUT2D eigenvalue weighted by Gasteiger charge is -2.21. The van der Waals surface area contributed by atoms with Crippen molar-refractivity contribution in [2.75, 3.05) is 0 Å². The van der Waals surface area contributed by atoms with E-state index in [-0.39, 0.29) is 18.1 Å². The minimum Gasteiger partial charge on any atom is -0.368 e. The standard InChI is InChI=1S/C25H32N4O2/c1-5-17(4)18-10-12-19(13-11-18)24(16(2)3)27-14-23-28-21-9-7-6-8-20(21)25(31)29(23)15-22(26)30/h6-13,16-17,24,27H,5,14-15H2,1-4H3,(H2,26,30)/p+1/t17-,24-/m0/s1. The van der Waals surface area contributed by atoms with Gasteiger partial charge in [-0.05, 0) is 30.0 Å². The fourth-order valence-electron chi connectivity index (χ4n) is 4.00. The smallest absolute Gasteiger partial charge is 0.262 e. The van der Waals surface area contributed by atoms with Gasteiger partial charge in [-0.1, -0.05) is 64.1 Å². The normalized spacial score (nSPS) is 13.5. The van der Waals surface area contributed by atoms with Crippen LogP contribution in [0.4, 0.5) is 0 Å². The Bertz CT molecular complexity index is 1100. The number of carbonyl (C=O) groups is 1. The van der Waals surface area contributed by atoms with Crippen molar-refractivity contribution in [1.82, 2.24) is 9.55 Å². The number of primary amides is 1. The quantitative estimate of drug-likeness (QED) is 0.556. The molecule has 0 saturated heterocycles. The van der Waals surface area contributed by atoms with Crippen LogP contribution in [0.1, 0.15) is 63.0 Å². The monoisotopic (exact) mass is 421 g/mol. The molecule has 0 aliphatic carbocycles. The number of benzene rings is 2. The maximum atomic E-state index is 13.0. The van der Waals surface area contributed by atoms with E-state index in [1.165, 1.54) is 15.7 Å². The predicted octanol–water partition coefficient (Wildman–Crippen LogP) is 2.86. The highest BCUT2D eigenvalue weighted by Crippen LogP contribution is 2.23. The molecule has 0 spiro atoms. The SMILES string of the molecule is CC[C@H](C)c1ccc([C@@H]([NH2+]Cc2nc3ccccc3c(=O)n2CC(N)=O)C(C)C)cc1. The summed E-state index contributed by atoms with van der Waals surface area (Å²) in [5.74, 6) is 0.928. The molecule has 0 fully saturated rings. The zero-order valence-corrected chi connectivity index (χ0v) is 18.8. The molecule has 2 aromatic carbocycles. The van der Waals surface area contributed by atoms with Crippen molar-refractivity contribution in [3.63, 3.8) is 0 Å². The van der Waals surface area contributed by atoms with Crippen LogP contribution in [0.15, 0.2) is 53.3 Å². The van der Waals surface area contributed by atoms with Gasteiger partial charge in [-0.2, -0.15) is 0 Å². The van der Waals surface area contributed by atoms with Gasteiger partial charge in [0.25, 0.3) is 5.56 Å². The highest BCUT2D eigenvalue weighted by Gasteiger charge is 2.22. The lowest BCUT2D eigenvalue weighted by Crippen LogP contribution is -2.85. The van der Waals surface area contributed by atoms with Gasteiger partial charge in [0.2, 0.25) is 5.91 Å². The van der Waals surface area contributed by atoms with Gasteiger partial charge in [-0.25, -0.2) is 4.98 Å². The van der Waals surface area contributed by atoms with Crippen LogP contribution in [0.5, 0.6) is 0 Å². The van der Waals surface area contributed by atoms with Crippen LogP contribution in [0, 0.1) is 5.92 Å². The van der Waals surface area contributed by atoms with E-state index in [9.17, 15) is 9.59 Å². The zero-order valence-electron chi connectivity index (χ0n) is 18.8. The Morgan fingerprint density at radius 3 is 2.32 bits per heavy atom. The van der Waals surface area contributed by atoms with E-state index in [0.29, 0.717) is 35.1 Å². The Kier molecular flexibility index (Phi) is 7.23. The molecule has 164 valence electrons. The van der Waals surface area contributed by atoms with Crippen LogP contribution in [0.25, 0.3) is 10.9 Å². The first-order valence-electron chi connectivity index (χ1n) is 11.0. The molecule has 0 bridgehead atoms.